The second-order valence-corrected chi connectivity index (χ2v) is 11.0. The first-order valence-electron chi connectivity index (χ1n) is 12.0. The van der Waals surface area contributed by atoms with Crippen molar-refractivity contribution in [3.05, 3.63) is 54.4 Å². The van der Waals surface area contributed by atoms with Gasteiger partial charge in [-0.05, 0) is 55.9 Å². The van der Waals surface area contributed by atoms with Gasteiger partial charge in [-0.2, -0.15) is 0 Å². The zero-order chi connectivity index (χ0) is 24.3. The molecule has 4 rings (SSSR count). The first kappa shape index (κ1) is 24.3. The van der Waals surface area contributed by atoms with E-state index in [1.165, 1.54) is 6.20 Å². The highest BCUT2D eigenvalue weighted by Gasteiger charge is 2.30. The third kappa shape index (κ3) is 5.47. The van der Waals surface area contributed by atoms with Gasteiger partial charge in [0, 0.05) is 63.4 Å². The lowest BCUT2D eigenvalue weighted by molar-refractivity contribution is 0.480. The summed E-state index contributed by atoms with van der Waals surface area (Å²) in [7, 11) is 0.437. The van der Waals surface area contributed by atoms with Gasteiger partial charge in [-0.1, -0.05) is 19.1 Å². The molecule has 2 aliphatic rings. The lowest BCUT2D eigenvalue weighted by Crippen LogP contribution is -2.35. The smallest absolute Gasteiger partial charge is 0.242 e. The minimum absolute atomic E-state index is 0.216. The molecule has 1 saturated carbocycles. The van der Waals surface area contributed by atoms with Crippen LogP contribution in [0.4, 0.5) is 11.6 Å². The minimum atomic E-state index is -3.51. The third-order valence-electron chi connectivity index (χ3n) is 6.77. The van der Waals surface area contributed by atoms with Gasteiger partial charge in [0.1, 0.15) is 16.5 Å². The molecule has 2 fully saturated rings. The van der Waals surface area contributed by atoms with Crippen molar-refractivity contribution in [3.8, 4) is 0 Å². The quantitative estimate of drug-likeness (QED) is 0.422. The molecule has 1 saturated heterocycles. The summed E-state index contributed by atoms with van der Waals surface area (Å²) >= 11 is 0. The van der Waals surface area contributed by atoms with Crippen molar-refractivity contribution in [1.82, 2.24) is 19.6 Å². The van der Waals surface area contributed by atoms with E-state index < -0.39 is 10.0 Å². The number of rotatable bonds is 11. The van der Waals surface area contributed by atoms with Crippen LogP contribution in [0.5, 0.6) is 0 Å². The van der Waals surface area contributed by atoms with Crippen molar-refractivity contribution in [3.63, 3.8) is 0 Å². The van der Waals surface area contributed by atoms with Crippen LogP contribution in [0, 0.1) is 5.92 Å². The maximum Gasteiger partial charge on any atom is 0.242 e. The van der Waals surface area contributed by atoms with Crippen LogP contribution in [-0.2, 0) is 10.0 Å². The number of aromatic nitrogens is 2. The van der Waals surface area contributed by atoms with Crippen molar-refractivity contribution in [1.29, 1.82) is 0 Å². The fraction of sp³-hybridized carbons (Fsp3) is 0.480. The number of H-pyrrole nitrogens is 1. The van der Waals surface area contributed by atoms with Gasteiger partial charge < -0.3 is 20.1 Å². The number of hydrogen-bond donors (Lipinski definition) is 3. The predicted molar refractivity (Wildman–Crippen MR) is 138 cm³/mol. The van der Waals surface area contributed by atoms with E-state index >= 15 is 0 Å². The zero-order valence-electron chi connectivity index (χ0n) is 20.3. The Hall–Kier alpha value is -2.78. The van der Waals surface area contributed by atoms with Gasteiger partial charge in [0.05, 0.1) is 0 Å². The summed E-state index contributed by atoms with van der Waals surface area (Å²) in [5.41, 5.74) is 3.38. The van der Waals surface area contributed by atoms with Gasteiger partial charge in [-0.25, -0.2) is 18.1 Å². The first-order valence-corrected chi connectivity index (χ1v) is 13.5. The molecule has 1 aliphatic carbocycles. The average Bonchev–Trinajstić information content (AvgIpc) is 3.34. The van der Waals surface area contributed by atoms with E-state index in [4.69, 9.17) is 0 Å². The Morgan fingerprint density at radius 1 is 1.32 bits per heavy atom. The number of likely N-dealkylation sites (tertiary alicyclic amines) is 1. The Morgan fingerprint density at radius 3 is 2.76 bits per heavy atom. The van der Waals surface area contributed by atoms with Crippen LogP contribution in [0.25, 0.3) is 5.70 Å². The number of pyridine rings is 1. The molecule has 2 aromatic heterocycles. The molecule has 0 amide bonds. The van der Waals surface area contributed by atoms with Crippen molar-refractivity contribution in [2.24, 2.45) is 5.92 Å². The zero-order valence-corrected chi connectivity index (χ0v) is 21.2. The molecule has 0 aromatic carbocycles. The normalized spacial score (nSPS) is 18.9. The molecule has 3 heterocycles. The van der Waals surface area contributed by atoms with Gasteiger partial charge in [0.15, 0.2) is 0 Å². The summed E-state index contributed by atoms with van der Waals surface area (Å²) in [5.74, 6) is 2.25. The van der Waals surface area contributed by atoms with Crippen LogP contribution in [-0.4, -0.2) is 63.1 Å². The summed E-state index contributed by atoms with van der Waals surface area (Å²) in [5, 5.41) is 3.24. The maximum absolute atomic E-state index is 12.5. The van der Waals surface area contributed by atoms with Gasteiger partial charge in [0.25, 0.3) is 0 Å². The number of nitrogens with one attached hydrogen (secondary N) is 3. The molecule has 0 radical (unpaired) electrons. The number of hydrogen-bond acceptors (Lipinski definition) is 6. The SMILES string of the molecule is C=C(/C=C(\c1cc[nH]c1NC)N1CCC(N(C)c2ccc(S(=O)(=O)NCC3CC3)cn2)C1)CC. The third-order valence-corrected chi connectivity index (χ3v) is 8.18. The van der Waals surface area contributed by atoms with Crippen LogP contribution in [0.2, 0.25) is 0 Å². The summed E-state index contributed by atoms with van der Waals surface area (Å²) in [6.07, 6.45) is 9.68. The Balaban J connectivity index is 1.46. The summed E-state index contributed by atoms with van der Waals surface area (Å²) < 4.78 is 27.7. The van der Waals surface area contributed by atoms with Crippen LogP contribution >= 0.6 is 0 Å². The predicted octanol–water partition coefficient (Wildman–Crippen LogP) is 3.66. The van der Waals surface area contributed by atoms with Gasteiger partial charge in [-0.15, -0.1) is 0 Å². The molecule has 8 nitrogen and oxygen atoms in total. The average molecular weight is 485 g/mol. The van der Waals surface area contributed by atoms with Gasteiger partial charge in [-0.3, -0.25) is 0 Å². The highest BCUT2D eigenvalue weighted by Crippen LogP contribution is 2.32. The number of sulfonamides is 1. The summed E-state index contributed by atoms with van der Waals surface area (Å²) in [6, 6.07) is 5.81. The van der Waals surface area contributed by atoms with Gasteiger partial charge >= 0.3 is 0 Å². The molecule has 2 aromatic rings. The number of nitrogens with zero attached hydrogens (tertiary/aromatic N) is 3. The van der Waals surface area contributed by atoms with Crippen LogP contribution < -0.4 is 14.9 Å². The summed E-state index contributed by atoms with van der Waals surface area (Å²) in [4.78, 5) is 12.5. The largest absolute Gasteiger partial charge is 0.374 e. The lowest BCUT2D eigenvalue weighted by Gasteiger charge is -2.28. The highest BCUT2D eigenvalue weighted by molar-refractivity contribution is 7.89. The standard InChI is InChI=1S/C25H36N6O2S/c1-5-18(2)14-23(22-10-12-27-25(22)26-3)31-13-11-20(17-31)30(4)24-9-8-21(16-28-24)34(32,33)29-15-19-6-7-19/h8-10,12,14,16,19-20,26-27,29H,2,5-7,11,13,15,17H2,1,3-4H3/b23-14+. The number of likely N-dealkylation sites (N-methyl/N-ethyl adjacent to an activating group) is 1. The first-order chi connectivity index (χ1) is 16.3. The van der Waals surface area contributed by atoms with E-state index in [9.17, 15) is 8.42 Å². The topological polar surface area (TPSA) is 93.4 Å². The fourth-order valence-electron chi connectivity index (χ4n) is 4.26. The molecule has 3 N–H and O–H groups in total. The Bertz CT molecular complexity index is 1130. The number of anilines is 2. The highest BCUT2D eigenvalue weighted by atomic mass is 32.2. The molecule has 1 aliphatic heterocycles. The van der Waals surface area contributed by atoms with Crippen molar-refractivity contribution in [2.75, 3.05) is 43.9 Å². The molecule has 0 spiro atoms. The Labute approximate surface area is 203 Å². The molecule has 34 heavy (non-hydrogen) atoms. The van der Waals surface area contributed by atoms with Gasteiger partial charge in [0.2, 0.25) is 10.0 Å². The van der Waals surface area contributed by atoms with E-state index in [1.54, 1.807) is 12.1 Å². The second kappa shape index (κ2) is 10.2. The Morgan fingerprint density at radius 2 is 2.12 bits per heavy atom. The van der Waals surface area contributed by atoms with E-state index in [2.05, 4.69) is 55.5 Å². The Kier molecular flexibility index (Phi) is 7.33. The van der Waals surface area contributed by atoms with Crippen molar-refractivity contribution in [2.45, 2.75) is 43.5 Å². The van der Waals surface area contributed by atoms with E-state index in [0.29, 0.717) is 12.5 Å². The molecule has 9 heteroatoms. The molecular formula is C25H36N6O2S. The monoisotopic (exact) mass is 484 g/mol. The fourth-order valence-corrected chi connectivity index (χ4v) is 5.32. The molecule has 0 bridgehead atoms. The summed E-state index contributed by atoms with van der Waals surface area (Å²) in [6.45, 7) is 8.59. The van der Waals surface area contributed by atoms with Crippen molar-refractivity contribution >= 4 is 27.4 Å². The van der Waals surface area contributed by atoms with Crippen LogP contribution in [0.15, 0.2) is 53.7 Å². The van der Waals surface area contributed by atoms with E-state index in [1.807, 2.05) is 20.3 Å². The van der Waals surface area contributed by atoms with Crippen LogP contribution in [0.3, 0.4) is 0 Å². The van der Waals surface area contributed by atoms with Crippen LogP contribution in [0.1, 0.15) is 38.2 Å². The second-order valence-electron chi connectivity index (χ2n) is 9.20. The van der Waals surface area contributed by atoms with E-state index in [0.717, 1.165) is 67.2 Å². The number of aromatic amines is 1. The maximum atomic E-state index is 12.5. The molecule has 184 valence electrons. The molecular weight excluding hydrogens is 448 g/mol. The minimum Gasteiger partial charge on any atom is -0.374 e. The van der Waals surface area contributed by atoms with E-state index in [-0.39, 0.29) is 10.9 Å². The molecule has 1 atom stereocenters. The lowest BCUT2D eigenvalue weighted by atomic mass is 10.1. The van der Waals surface area contributed by atoms with Crippen molar-refractivity contribution < 1.29 is 8.42 Å². The number of allylic oxidation sites excluding steroid dienone is 2. The molecule has 1 unspecified atom stereocenters.